The fourth-order valence-corrected chi connectivity index (χ4v) is 2.90. The zero-order valence-corrected chi connectivity index (χ0v) is 9.43. The van der Waals surface area contributed by atoms with Gasteiger partial charge in [-0.3, -0.25) is 0 Å². The molecule has 2 heterocycles. The Labute approximate surface area is 88.5 Å². The van der Waals surface area contributed by atoms with Crippen LogP contribution in [0.25, 0.3) is 0 Å². The summed E-state index contributed by atoms with van der Waals surface area (Å²) < 4.78 is 5.88. The zero-order valence-electron chi connectivity index (χ0n) is 8.62. The Balaban J connectivity index is 2.13. The predicted octanol–water partition coefficient (Wildman–Crippen LogP) is 2.66. The molecule has 0 spiro atoms. The van der Waals surface area contributed by atoms with E-state index in [2.05, 4.69) is 18.4 Å². The van der Waals surface area contributed by atoms with Gasteiger partial charge in [-0.2, -0.15) is 0 Å². The van der Waals surface area contributed by atoms with Crippen molar-refractivity contribution in [2.45, 2.75) is 38.4 Å². The average Bonchev–Trinajstić information content (AvgIpc) is 2.73. The minimum absolute atomic E-state index is 0.119. The molecule has 1 fully saturated rings. The standard InChI is InChI=1S/C11H16O2S/c1-8-4-6-14-10(8)9-3-5-11(2,7-12)13-9/h4,6,9,12H,3,5,7H2,1-2H3. The summed E-state index contributed by atoms with van der Waals surface area (Å²) in [6.07, 6.45) is 2.18. The van der Waals surface area contributed by atoms with Gasteiger partial charge in [-0.05, 0) is 43.7 Å². The highest BCUT2D eigenvalue weighted by Gasteiger charge is 2.36. The molecule has 2 nitrogen and oxygen atoms in total. The van der Waals surface area contributed by atoms with Crippen LogP contribution in [0.4, 0.5) is 0 Å². The molecule has 2 atom stereocenters. The number of hydrogen-bond acceptors (Lipinski definition) is 3. The molecule has 1 aliphatic rings. The van der Waals surface area contributed by atoms with E-state index in [4.69, 9.17) is 4.74 Å². The number of aliphatic hydroxyl groups excluding tert-OH is 1. The molecule has 0 radical (unpaired) electrons. The van der Waals surface area contributed by atoms with Crippen molar-refractivity contribution in [3.63, 3.8) is 0 Å². The van der Waals surface area contributed by atoms with Crippen LogP contribution in [0.15, 0.2) is 11.4 Å². The van der Waals surface area contributed by atoms with Crippen LogP contribution in [0.5, 0.6) is 0 Å². The van der Waals surface area contributed by atoms with Crippen molar-refractivity contribution < 1.29 is 9.84 Å². The second-order valence-electron chi connectivity index (χ2n) is 4.22. The molecule has 0 saturated carbocycles. The number of aliphatic hydroxyl groups is 1. The van der Waals surface area contributed by atoms with Gasteiger partial charge in [-0.25, -0.2) is 0 Å². The fourth-order valence-electron chi connectivity index (χ4n) is 1.91. The third-order valence-corrected chi connectivity index (χ3v) is 4.00. The summed E-state index contributed by atoms with van der Waals surface area (Å²) in [5, 5.41) is 11.3. The first kappa shape index (κ1) is 10.1. The molecule has 14 heavy (non-hydrogen) atoms. The molecule has 2 rings (SSSR count). The van der Waals surface area contributed by atoms with E-state index in [0.717, 1.165) is 12.8 Å². The predicted molar refractivity (Wildman–Crippen MR) is 57.6 cm³/mol. The lowest BCUT2D eigenvalue weighted by Crippen LogP contribution is -2.27. The van der Waals surface area contributed by atoms with E-state index < -0.39 is 0 Å². The zero-order chi connectivity index (χ0) is 10.2. The molecule has 0 bridgehead atoms. The largest absolute Gasteiger partial charge is 0.393 e. The van der Waals surface area contributed by atoms with Crippen molar-refractivity contribution in [3.8, 4) is 0 Å². The first-order chi connectivity index (χ1) is 6.64. The normalized spacial score (nSPS) is 32.4. The lowest BCUT2D eigenvalue weighted by atomic mass is 10.0. The van der Waals surface area contributed by atoms with Crippen molar-refractivity contribution in [3.05, 3.63) is 21.9 Å². The van der Waals surface area contributed by atoms with E-state index in [1.165, 1.54) is 10.4 Å². The Bertz CT molecular complexity index is 321. The summed E-state index contributed by atoms with van der Waals surface area (Å²) in [5.41, 5.74) is 0.989. The summed E-state index contributed by atoms with van der Waals surface area (Å²) in [7, 11) is 0. The van der Waals surface area contributed by atoms with Gasteiger partial charge in [-0.1, -0.05) is 0 Å². The second kappa shape index (κ2) is 3.65. The summed E-state index contributed by atoms with van der Waals surface area (Å²) in [4.78, 5) is 1.32. The first-order valence-electron chi connectivity index (χ1n) is 4.97. The lowest BCUT2D eigenvalue weighted by Gasteiger charge is -2.21. The number of thiophene rings is 1. The van der Waals surface area contributed by atoms with E-state index >= 15 is 0 Å². The molecule has 2 unspecified atom stereocenters. The maximum absolute atomic E-state index is 9.19. The van der Waals surface area contributed by atoms with Crippen LogP contribution >= 0.6 is 11.3 Å². The van der Waals surface area contributed by atoms with Gasteiger partial charge in [0.05, 0.1) is 18.3 Å². The Morgan fingerprint density at radius 1 is 1.71 bits per heavy atom. The van der Waals surface area contributed by atoms with Crippen LogP contribution in [-0.4, -0.2) is 17.3 Å². The molecular weight excluding hydrogens is 196 g/mol. The van der Waals surface area contributed by atoms with Crippen molar-refractivity contribution >= 4 is 11.3 Å². The molecule has 1 aromatic heterocycles. The molecule has 1 saturated heterocycles. The van der Waals surface area contributed by atoms with E-state index in [1.807, 2.05) is 6.92 Å². The van der Waals surface area contributed by atoms with Crippen molar-refractivity contribution in [1.29, 1.82) is 0 Å². The minimum atomic E-state index is -0.318. The topological polar surface area (TPSA) is 29.5 Å². The Morgan fingerprint density at radius 3 is 3.00 bits per heavy atom. The monoisotopic (exact) mass is 212 g/mol. The van der Waals surface area contributed by atoms with Gasteiger partial charge in [0.1, 0.15) is 0 Å². The summed E-state index contributed by atoms with van der Waals surface area (Å²) >= 11 is 1.75. The quantitative estimate of drug-likeness (QED) is 0.816. The van der Waals surface area contributed by atoms with Gasteiger partial charge in [0, 0.05) is 4.88 Å². The summed E-state index contributed by atoms with van der Waals surface area (Å²) in [6, 6.07) is 2.12. The van der Waals surface area contributed by atoms with Crippen LogP contribution < -0.4 is 0 Å². The van der Waals surface area contributed by atoms with Crippen molar-refractivity contribution in [1.82, 2.24) is 0 Å². The highest BCUT2D eigenvalue weighted by molar-refractivity contribution is 7.10. The third-order valence-electron chi connectivity index (χ3n) is 2.89. The van der Waals surface area contributed by atoms with Gasteiger partial charge in [0.2, 0.25) is 0 Å². The summed E-state index contributed by atoms with van der Waals surface area (Å²) in [5.74, 6) is 0. The van der Waals surface area contributed by atoms with E-state index in [1.54, 1.807) is 11.3 Å². The van der Waals surface area contributed by atoms with Crippen molar-refractivity contribution in [2.24, 2.45) is 0 Å². The SMILES string of the molecule is Cc1ccsc1C1CCC(C)(CO)O1. The molecule has 0 amide bonds. The molecule has 1 aliphatic heterocycles. The molecule has 1 aromatic rings. The second-order valence-corrected chi connectivity index (χ2v) is 5.17. The first-order valence-corrected chi connectivity index (χ1v) is 5.85. The molecule has 0 aliphatic carbocycles. The fraction of sp³-hybridized carbons (Fsp3) is 0.636. The molecule has 78 valence electrons. The Kier molecular flexibility index (Phi) is 2.64. The Morgan fingerprint density at radius 2 is 2.50 bits per heavy atom. The van der Waals surface area contributed by atoms with Gasteiger partial charge >= 0.3 is 0 Å². The van der Waals surface area contributed by atoms with Crippen LogP contribution in [0.3, 0.4) is 0 Å². The van der Waals surface area contributed by atoms with E-state index in [0.29, 0.717) is 0 Å². The molecule has 1 N–H and O–H groups in total. The van der Waals surface area contributed by atoms with Crippen LogP contribution in [-0.2, 0) is 4.74 Å². The number of rotatable bonds is 2. The van der Waals surface area contributed by atoms with Gasteiger partial charge in [0.25, 0.3) is 0 Å². The van der Waals surface area contributed by atoms with E-state index in [-0.39, 0.29) is 18.3 Å². The van der Waals surface area contributed by atoms with Crippen LogP contribution in [0, 0.1) is 6.92 Å². The van der Waals surface area contributed by atoms with Gasteiger partial charge in [0.15, 0.2) is 0 Å². The smallest absolute Gasteiger partial charge is 0.0929 e. The Hall–Kier alpha value is -0.380. The maximum Gasteiger partial charge on any atom is 0.0929 e. The third kappa shape index (κ3) is 1.72. The lowest BCUT2D eigenvalue weighted by molar-refractivity contribution is -0.0608. The maximum atomic E-state index is 9.19. The van der Waals surface area contributed by atoms with E-state index in [9.17, 15) is 5.11 Å². The number of aryl methyl sites for hydroxylation is 1. The highest BCUT2D eigenvalue weighted by atomic mass is 32.1. The van der Waals surface area contributed by atoms with Crippen LogP contribution in [0.2, 0.25) is 0 Å². The highest BCUT2D eigenvalue weighted by Crippen LogP contribution is 2.41. The summed E-state index contributed by atoms with van der Waals surface area (Å²) in [6.45, 7) is 4.22. The van der Waals surface area contributed by atoms with Gasteiger partial charge < -0.3 is 9.84 Å². The number of ether oxygens (including phenoxy) is 1. The molecule has 0 aromatic carbocycles. The van der Waals surface area contributed by atoms with Crippen LogP contribution in [0.1, 0.15) is 36.3 Å². The molecular formula is C11H16O2S. The minimum Gasteiger partial charge on any atom is -0.393 e. The average molecular weight is 212 g/mol. The van der Waals surface area contributed by atoms with Gasteiger partial charge in [-0.15, -0.1) is 11.3 Å². The number of hydrogen-bond donors (Lipinski definition) is 1. The van der Waals surface area contributed by atoms with Crippen molar-refractivity contribution in [2.75, 3.05) is 6.61 Å². The molecule has 3 heteroatoms.